The van der Waals surface area contributed by atoms with E-state index in [4.69, 9.17) is 0 Å². The summed E-state index contributed by atoms with van der Waals surface area (Å²) >= 11 is 0. The smallest absolute Gasteiger partial charge is 0.00103 e. The Morgan fingerprint density at radius 1 is 1.47 bits per heavy atom. The van der Waals surface area contributed by atoms with Gasteiger partial charge in [-0.3, -0.25) is 0 Å². The average Bonchev–Trinajstić information content (AvgIpc) is 2.66. The van der Waals surface area contributed by atoms with Crippen molar-refractivity contribution in [2.24, 2.45) is 5.92 Å². The molecule has 1 fully saturated rings. The Labute approximate surface area is 95.9 Å². The number of rotatable bonds is 4. The summed E-state index contributed by atoms with van der Waals surface area (Å²) in [5.74, 6) is 0.862. The van der Waals surface area contributed by atoms with E-state index in [0.717, 1.165) is 12.3 Å². The molecule has 15 heavy (non-hydrogen) atoms. The van der Waals surface area contributed by atoms with Gasteiger partial charge in [0.15, 0.2) is 0 Å². The van der Waals surface area contributed by atoms with Crippen LogP contribution in [0, 0.1) is 5.92 Å². The largest absolute Gasteiger partial charge is 0.306 e. The van der Waals surface area contributed by atoms with Gasteiger partial charge in [-0.05, 0) is 38.8 Å². The summed E-state index contributed by atoms with van der Waals surface area (Å²) in [4.78, 5) is 2.41. The van der Waals surface area contributed by atoms with Crippen LogP contribution in [0.3, 0.4) is 0 Å². The second-order valence-corrected chi connectivity index (χ2v) is 4.01. The fraction of sp³-hybridized carbons (Fsp3) is 0.714. The summed E-state index contributed by atoms with van der Waals surface area (Å²) in [6.07, 6.45) is 8.02. The van der Waals surface area contributed by atoms with Gasteiger partial charge in [0.25, 0.3) is 0 Å². The molecule has 0 aromatic rings. The molecular weight excluding hydrogens is 182 g/mol. The normalized spacial score (nSPS) is 22.1. The van der Waals surface area contributed by atoms with Gasteiger partial charge in [-0.15, -0.1) is 0 Å². The molecule has 1 atom stereocenters. The number of likely N-dealkylation sites (tertiary alicyclic amines) is 1. The van der Waals surface area contributed by atoms with E-state index in [1.165, 1.54) is 31.5 Å². The Hall–Kier alpha value is -0.560. The summed E-state index contributed by atoms with van der Waals surface area (Å²) in [6, 6.07) is 0. The summed E-state index contributed by atoms with van der Waals surface area (Å²) in [5.41, 5.74) is 1.43. The Bertz CT molecular complexity index is 194. The minimum atomic E-state index is 0.862. The van der Waals surface area contributed by atoms with Crippen molar-refractivity contribution in [2.75, 3.05) is 20.1 Å². The molecule has 1 unspecified atom stereocenters. The van der Waals surface area contributed by atoms with E-state index in [0.29, 0.717) is 0 Å². The van der Waals surface area contributed by atoms with Crippen LogP contribution in [0.1, 0.15) is 40.0 Å². The van der Waals surface area contributed by atoms with E-state index >= 15 is 0 Å². The van der Waals surface area contributed by atoms with Gasteiger partial charge in [0, 0.05) is 6.54 Å². The Balaban J connectivity index is 0.000000921. The lowest BCUT2D eigenvalue weighted by molar-refractivity contribution is 0.394. The van der Waals surface area contributed by atoms with Crippen LogP contribution in [0.4, 0.5) is 0 Å². The molecule has 0 bridgehead atoms. The fourth-order valence-corrected chi connectivity index (χ4v) is 2.04. The topological polar surface area (TPSA) is 3.24 Å². The molecule has 0 radical (unpaired) electrons. The van der Waals surface area contributed by atoms with Crippen LogP contribution in [-0.4, -0.2) is 25.0 Å². The lowest BCUT2D eigenvalue weighted by Gasteiger charge is -2.10. The summed E-state index contributed by atoms with van der Waals surface area (Å²) in [6.45, 7) is 12.6. The van der Waals surface area contributed by atoms with Crippen LogP contribution in [0.5, 0.6) is 0 Å². The van der Waals surface area contributed by atoms with Crippen LogP contribution in [0.2, 0.25) is 0 Å². The van der Waals surface area contributed by atoms with Gasteiger partial charge in [-0.2, -0.15) is 0 Å². The molecule has 88 valence electrons. The van der Waals surface area contributed by atoms with E-state index in [1.807, 2.05) is 19.9 Å². The predicted molar refractivity (Wildman–Crippen MR) is 70.1 cm³/mol. The molecule has 0 aromatic carbocycles. The van der Waals surface area contributed by atoms with Gasteiger partial charge in [-0.1, -0.05) is 45.1 Å². The van der Waals surface area contributed by atoms with Crippen LogP contribution in [0.15, 0.2) is 24.3 Å². The fourth-order valence-electron chi connectivity index (χ4n) is 2.04. The molecule has 0 aromatic heterocycles. The van der Waals surface area contributed by atoms with Crippen molar-refractivity contribution in [3.8, 4) is 0 Å². The van der Waals surface area contributed by atoms with Gasteiger partial charge < -0.3 is 4.90 Å². The SMILES string of the molecule is C=C/C(=C\CC)CC1CCN(C)C1.CC. The molecule has 0 saturated carbocycles. The molecular formula is C14H27N. The molecule has 0 aliphatic carbocycles. The third-order valence-corrected chi connectivity index (χ3v) is 2.74. The molecule has 1 heterocycles. The maximum absolute atomic E-state index is 3.86. The van der Waals surface area contributed by atoms with Crippen molar-refractivity contribution < 1.29 is 0 Å². The summed E-state index contributed by atoms with van der Waals surface area (Å²) < 4.78 is 0. The molecule has 0 amide bonds. The summed E-state index contributed by atoms with van der Waals surface area (Å²) in [7, 11) is 2.21. The van der Waals surface area contributed by atoms with E-state index in [-0.39, 0.29) is 0 Å². The average molecular weight is 209 g/mol. The van der Waals surface area contributed by atoms with Crippen LogP contribution < -0.4 is 0 Å². The van der Waals surface area contributed by atoms with Crippen molar-refractivity contribution >= 4 is 0 Å². The Morgan fingerprint density at radius 3 is 2.53 bits per heavy atom. The highest BCUT2D eigenvalue weighted by molar-refractivity contribution is 5.16. The van der Waals surface area contributed by atoms with Crippen LogP contribution in [-0.2, 0) is 0 Å². The van der Waals surface area contributed by atoms with Crippen LogP contribution in [0.25, 0.3) is 0 Å². The zero-order valence-corrected chi connectivity index (χ0v) is 10.9. The van der Waals surface area contributed by atoms with Crippen molar-refractivity contribution in [3.05, 3.63) is 24.3 Å². The molecule has 1 aliphatic heterocycles. The van der Waals surface area contributed by atoms with Gasteiger partial charge in [0.05, 0.1) is 0 Å². The minimum absolute atomic E-state index is 0.862. The Morgan fingerprint density at radius 2 is 2.13 bits per heavy atom. The molecule has 0 spiro atoms. The zero-order chi connectivity index (χ0) is 11.7. The maximum Gasteiger partial charge on any atom is 0.00103 e. The van der Waals surface area contributed by atoms with Crippen molar-refractivity contribution in [1.29, 1.82) is 0 Å². The number of allylic oxidation sites excluding steroid dienone is 3. The first-order valence-electron chi connectivity index (χ1n) is 6.26. The zero-order valence-electron chi connectivity index (χ0n) is 10.9. The first-order chi connectivity index (χ1) is 7.26. The number of hydrogen-bond acceptors (Lipinski definition) is 1. The van der Waals surface area contributed by atoms with E-state index in [9.17, 15) is 0 Å². The highest BCUT2D eigenvalue weighted by Crippen LogP contribution is 2.22. The molecule has 1 heteroatoms. The molecule has 1 nitrogen and oxygen atoms in total. The van der Waals surface area contributed by atoms with Gasteiger partial charge in [-0.25, -0.2) is 0 Å². The Kier molecular flexibility index (Phi) is 8.40. The maximum atomic E-state index is 3.86. The first-order valence-corrected chi connectivity index (χ1v) is 6.26. The molecule has 1 aliphatic rings. The van der Waals surface area contributed by atoms with E-state index in [1.54, 1.807) is 0 Å². The third kappa shape index (κ3) is 5.78. The van der Waals surface area contributed by atoms with Crippen molar-refractivity contribution in [2.45, 2.75) is 40.0 Å². The highest BCUT2D eigenvalue weighted by atomic mass is 15.1. The van der Waals surface area contributed by atoms with Crippen molar-refractivity contribution in [3.63, 3.8) is 0 Å². The number of hydrogen-bond donors (Lipinski definition) is 0. The standard InChI is InChI=1S/C12H21N.C2H6/c1-4-6-11(5-2)9-12-7-8-13(3)10-12;1-2/h5-6,12H,2,4,7-10H2,1,3H3;1-2H3/b11-6+;. The second-order valence-electron chi connectivity index (χ2n) is 4.01. The predicted octanol–water partition coefficient (Wildman–Crippen LogP) is 3.88. The minimum Gasteiger partial charge on any atom is -0.306 e. The van der Waals surface area contributed by atoms with Crippen molar-refractivity contribution in [1.82, 2.24) is 4.90 Å². The molecule has 0 N–H and O–H groups in total. The van der Waals surface area contributed by atoms with E-state index in [2.05, 4.69) is 31.5 Å². The lowest BCUT2D eigenvalue weighted by atomic mass is 9.98. The monoisotopic (exact) mass is 209 g/mol. The highest BCUT2D eigenvalue weighted by Gasteiger charge is 2.19. The molecule has 1 rings (SSSR count). The first kappa shape index (κ1) is 14.4. The van der Waals surface area contributed by atoms with Gasteiger partial charge in [0.1, 0.15) is 0 Å². The van der Waals surface area contributed by atoms with Gasteiger partial charge in [0.2, 0.25) is 0 Å². The quantitative estimate of drug-likeness (QED) is 0.635. The number of nitrogens with zero attached hydrogens (tertiary/aromatic N) is 1. The third-order valence-electron chi connectivity index (χ3n) is 2.74. The van der Waals surface area contributed by atoms with E-state index < -0.39 is 0 Å². The lowest BCUT2D eigenvalue weighted by Crippen LogP contribution is -2.14. The van der Waals surface area contributed by atoms with Crippen LogP contribution >= 0.6 is 0 Å². The van der Waals surface area contributed by atoms with Gasteiger partial charge >= 0.3 is 0 Å². The second kappa shape index (κ2) is 8.72. The summed E-state index contributed by atoms with van der Waals surface area (Å²) in [5, 5.41) is 0. The molecule has 1 saturated heterocycles.